The Bertz CT molecular complexity index is 785. The van der Waals surface area contributed by atoms with Crippen LogP contribution in [0.2, 0.25) is 0 Å². The van der Waals surface area contributed by atoms with E-state index < -0.39 is 0 Å². The van der Waals surface area contributed by atoms with Crippen LogP contribution < -0.4 is 5.73 Å². The molecule has 7 heteroatoms. The summed E-state index contributed by atoms with van der Waals surface area (Å²) < 4.78 is 3.64. The van der Waals surface area contributed by atoms with Gasteiger partial charge in [0.2, 0.25) is 0 Å². The third kappa shape index (κ3) is 3.14. The second-order valence-electron chi connectivity index (χ2n) is 4.53. The van der Waals surface area contributed by atoms with Gasteiger partial charge in [0.05, 0.1) is 6.54 Å². The second-order valence-corrected chi connectivity index (χ2v) is 6.30. The highest BCUT2D eigenvalue weighted by Gasteiger charge is 2.10. The van der Waals surface area contributed by atoms with Crippen LogP contribution in [0.4, 0.5) is 5.69 Å². The fraction of sp³-hybridized carbons (Fsp3) is 0.0714. The van der Waals surface area contributed by atoms with Gasteiger partial charge in [-0.15, -0.1) is 5.10 Å². The molecule has 1 heterocycles. The highest BCUT2D eigenvalue weighted by atomic mass is 79.9. The van der Waals surface area contributed by atoms with Gasteiger partial charge < -0.3 is 5.73 Å². The number of nitrogens with two attached hydrogens (primary N) is 1. The number of rotatable bonds is 3. The fourth-order valence-electron chi connectivity index (χ4n) is 2.01. The van der Waals surface area contributed by atoms with Crippen LogP contribution >= 0.6 is 31.9 Å². The quantitative estimate of drug-likeness (QED) is 0.673. The van der Waals surface area contributed by atoms with E-state index in [4.69, 9.17) is 5.73 Å². The molecule has 106 valence electrons. The number of tetrazole rings is 1. The zero-order valence-electron chi connectivity index (χ0n) is 10.9. The van der Waals surface area contributed by atoms with Crippen molar-refractivity contribution in [2.75, 3.05) is 5.73 Å². The molecular formula is C14H11Br2N5. The number of nitrogens with zero attached hydrogens (tertiary/aromatic N) is 4. The molecule has 0 unspecified atom stereocenters. The van der Waals surface area contributed by atoms with E-state index >= 15 is 0 Å². The molecule has 2 aromatic carbocycles. The van der Waals surface area contributed by atoms with Gasteiger partial charge in [0.15, 0.2) is 5.82 Å². The summed E-state index contributed by atoms with van der Waals surface area (Å²) in [5.41, 5.74) is 8.57. The number of anilines is 1. The number of benzene rings is 2. The lowest BCUT2D eigenvalue weighted by Gasteiger charge is -2.06. The minimum Gasteiger partial charge on any atom is -0.398 e. The third-order valence-electron chi connectivity index (χ3n) is 3.01. The lowest BCUT2D eigenvalue weighted by molar-refractivity contribution is 0.653. The van der Waals surface area contributed by atoms with Gasteiger partial charge in [0.1, 0.15) is 0 Å². The Labute approximate surface area is 138 Å². The summed E-state index contributed by atoms with van der Waals surface area (Å²) in [4.78, 5) is 0. The number of nitrogen functional groups attached to an aromatic ring is 1. The Morgan fingerprint density at radius 3 is 2.71 bits per heavy atom. The lowest BCUT2D eigenvalue weighted by Crippen LogP contribution is -2.04. The van der Waals surface area contributed by atoms with E-state index in [0.717, 1.165) is 20.1 Å². The molecule has 0 fully saturated rings. The Morgan fingerprint density at radius 2 is 1.95 bits per heavy atom. The van der Waals surface area contributed by atoms with Gasteiger partial charge in [0, 0.05) is 20.2 Å². The first-order valence-corrected chi connectivity index (χ1v) is 7.78. The minimum atomic E-state index is 0.595. The van der Waals surface area contributed by atoms with Crippen molar-refractivity contribution in [2.24, 2.45) is 0 Å². The summed E-state index contributed by atoms with van der Waals surface area (Å²) in [5, 5.41) is 11.9. The van der Waals surface area contributed by atoms with Crippen molar-refractivity contribution >= 4 is 37.5 Å². The third-order valence-corrected chi connectivity index (χ3v) is 4.22. The van der Waals surface area contributed by atoms with Gasteiger partial charge in [-0.2, -0.15) is 0 Å². The SMILES string of the molecule is Nc1cc(-c2nnnn2Cc2cccc(Br)c2)ccc1Br. The molecule has 0 bridgehead atoms. The minimum absolute atomic E-state index is 0.595. The van der Waals surface area contributed by atoms with E-state index in [1.54, 1.807) is 4.68 Å². The molecule has 3 rings (SSSR count). The van der Waals surface area contributed by atoms with Gasteiger partial charge in [0.25, 0.3) is 0 Å². The maximum atomic E-state index is 5.92. The first-order valence-electron chi connectivity index (χ1n) is 6.19. The summed E-state index contributed by atoms with van der Waals surface area (Å²) >= 11 is 6.85. The lowest BCUT2D eigenvalue weighted by atomic mass is 10.2. The van der Waals surface area contributed by atoms with E-state index in [2.05, 4.69) is 47.4 Å². The van der Waals surface area contributed by atoms with Gasteiger partial charge in [-0.25, -0.2) is 4.68 Å². The van der Waals surface area contributed by atoms with Crippen molar-refractivity contribution in [2.45, 2.75) is 6.54 Å². The van der Waals surface area contributed by atoms with Crippen LogP contribution in [0.3, 0.4) is 0 Å². The van der Waals surface area contributed by atoms with Crippen molar-refractivity contribution in [1.29, 1.82) is 0 Å². The predicted octanol–water partition coefficient (Wildman–Crippen LogP) is 3.50. The Morgan fingerprint density at radius 1 is 1.10 bits per heavy atom. The first-order chi connectivity index (χ1) is 10.1. The molecule has 0 atom stereocenters. The number of halogens is 2. The zero-order valence-corrected chi connectivity index (χ0v) is 14.0. The highest BCUT2D eigenvalue weighted by Crippen LogP contribution is 2.26. The maximum Gasteiger partial charge on any atom is 0.182 e. The largest absolute Gasteiger partial charge is 0.398 e. The number of hydrogen-bond donors (Lipinski definition) is 1. The maximum absolute atomic E-state index is 5.92. The average Bonchev–Trinajstić information content (AvgIpc) is 2.90. The van der Waals surface area contributed by atoms with Crippen molar-refractivity contribution in [1.82, 2.24) is 20.2 Å². The van der Waals surface area contributed by atoms with Crippen LogP contribution in [-0.2, 0) is 6.54 Å². The van der Waals surface area contributed by atoms with Crippen LogP contribution in [0.25, 0.3) is 11.4 Å². The van der Waals surface area contributed by atoms with Crippen LogP contribution in [0.5, 0.6) is 0 Å². The van der Waals surface area contributed by atoms with Crippen molar-refractivity contribution in [3.63, 3.8) is 0 Å². The number of hydrogen-bond acceptors (Lipinski definition) is 4. The summed E-state index contributed by atoms with van der Waals surface area (Å²) in [6, 6.07) is 13.7. The molecule has 0 amide bonds. The van der Waals surface area contributed by atoms with Gasteiger partial charge in [-0.1, -0.05) is 28.1 Å². The highest BCUT2D eigenvalue weighted by molar-refractivity contribution is 9.10. The topological polar surface area (TPSA) is 69.6 Å². The van der Waals surface area contributed by atoms with E-state index in [1.807, 2.05) is 42.5 Å². The van der Waals surface area contributed by atoms with Crippen molar-refractivity contribution in [3.05, 3.63) is 57.0 Å². The first kappa shape index (κ1) is 14.2. The monoisotopic (exact) mass is 407 g/mol. The molecule has 0 saturated heterocycles. The van der Waals surface area contributed by atoms with Crippen LogP contribution in [0.15, 0.2) is 51.4 Å². The van der Waals surface area contributed by atoms with Crippen molar-refractivity contribution in [3.8, 4) is 11.4 Å². The molecule has 21 heavy (non-hydrogen) atoms. The second kappa shape index (κ2) is 5.95. The summed E-state index contributed by atoms with van der Waals surface area (Å²) in [5.74, 6) is 0.689. The molecule has 0 radical (unpaired) electrons. The Hall–Kier alpha value is -1.73. The molecule has 5 nitrogen and oxygen atoms in total. The van der Waals surface area contributed by atoms with Gasteiger partial charge in [-0.3, -0.25) is 0 Å². The smallest absolute Gasteiger partial charge is 0.182 e. The van der Waals surface area contributed by atoms with Crippen LogP contribution in [0, 0.1) is 0 Å². The molecular weight excluding hydrogens is 398 g/mol. The summed E-state index contributed by atoms with van der Waals surface area (Å²) in [7, 11) is 0. The zero-order chi connectivity index (χ0) is 14.8. The normalized spacial score (nSPS) is 10.8. The summed E-state index contributed by atoms with van der Waals surface area (Å²) in [6.07, 6.45) is 0. The van der Waals surface area contributed by atoms with Crippen molar-refractivity contribution < 1.29 is 0 Å². The number of aromatic nitrogens is 4. The van der Waals surface area contributed by atoms with Gasteiger partial charge in [-0.05, 0) is 62.3 Å². The Kier molecular flexibility index (Phi) is 4.03. The molecule has 1 aromatic heterocycles. The van der Waals surface area contributed by atoms with E-state index in [-0.39, 0.29) is 0 Å². The van der Waals surface area contributed by atoms with Crippen LogP contribution in [-0.4, -0.2) is 20.2 Å². The standard InChI is InChI=1S/C14H11Br2N5/c15-11-3-1-2-9(6-11)8-21-14(18-19-20-21)10-4-5-12(16)13(17)7-10/h1-7H,8,17H2. The van der Waals surface area contributed by atoms with E-state index in [0.29, 0.717) is 18.1 Å². The molecule has 0 aliphatic heterocycles. The fourth-order valence-corrected chi connectivity index (χ4v) is 2.70. The van der Waals surface area contributed by atoms with Gasteiger partial charge >= 0.3 is 0 Å². The van der Waals surface area contributed by atoms with Crippen LogP contribution in [0.1, 0.15) is 5.56 Å². The average molecular weight is 409 g/mol. The van der Waals surface area contributed by atoms with E-state index in [1.165, 1.54) is 0 Å². The summed E-state index contributed by atoms with van der Waals surface area (Å²) in [6.45, 7) is 0.595. The van der Waals surface area contributed by atoms with E-state index in [9.17, 15) is 0 Å². The molecule has 0 saturated carbocycles. The molecule has 0 aliphatic carbocycles. The Balaban J connectivity index is 1.95. The molecule has 3 aromatic rings. The molecule has 2 N–H and O–H groups in total. The predicted molar refractivity (Wildman–Crippen MR) is 88.6 cm³/mol. The molecule has 0 spiro atoms. The molecule has 0 aliphatic rings.